The van der Waals surface area contributed by atoms with Gasteiger partial charge in [-0.3, -0.25) is 29.6 Å². The van der Waals surface area contributed by atoms with Crippen molar-refractivity contribution in [2.24, 2.45) is 23.7 Å². The zero-order valence-electron chi connectivity index (χ0n) is 30.9. The van der Waals surface area contributed by atoms with Gasteiger partial charge in [0.05, 0.1) is 46.0 Å². The Morgan fingerprint density at radius 2 is 1.66 bits per heavy atom. The van der Waals surface area contributed by atoms with Crippen molar-refractivity contribution >= 4 is 69.9 Å². The molecule has 2 aliphatic heterocycles. The first kappa shape index (κ1) is 39.5. The lowest BCUT2D eigenvalue weighted by atomic mass is 9.49. The standard InChI is InChI=1S/C41H33Cl3F3N5O6/c1-19-5-4-6-25(34(19)53)33-23-12-13-24-32(38(56)52(36(24)54)50(2)35-28(43)14-16-31(48-35)41(45,46)47)26(23)18-27-37(55)51(49-30-15-9-21(42)17-29(30)44)39(57)40(27,33)20-7-10-22(58-3)11-8-20/h4-12,14-17,24,26-27,32-33,49,53H,13,18H2,1-3H3/t24-,26+,27-,32-,33+,40+/m0/s1. The molecule has 2 aliphatic carbocycles. The lowest BCUT2D eigenvalue weighted by Crippen LogP contribution is -2.53. The van der Waals surface area contributed by atoms with Gasteiger partial charge in [-0.05, 0) is 79.3 Å². The van der Waals surface area contributed by atoms with Gasteiger partial charge in [0.15, 0.2) is 5.82 Å². The molecule has 58 heavy (non-hydrogen) atoms. The number of nitrogens with zero attached hydrogens (tertiary/aromatic N) is 4. The van der Waals surface area contributed by atoms with E-state index < -0.39 is 76.3 Å². The fourth-order valence-electron chi connectivity index (χ4n) is 9.29. The Morgan fingerprint density at radius 3 is 2.33 bits per heavy atom. The van der Waals surface area contributed by atoms with Crippen LogP contribution in [0, 0.1) is 30.6 Å². The Balaban J connectivity index is 1.30. The first-order valence-corrected chi connectivity index (χ1v) is 19.2. The average molecular weight is 855 g/mol. The number of nitrogens with one attached hydrogen (secondary N) is 1. The number of rotatable bonds is 7. The number of benzene rings is 3. The van der Waals surface area contributed by atoms with E-state index >= 15 is 4.79 Å². The van der Waals surface area contributed by atoms with Gasteiger partial charge in [0.2, 0.25) is 0 Å². The second-order valence-corrected chi connectivity index (χ2v) is 16.0. The Labute approximate surface area is 344 Å². The van der Waals surface area contributed by atoms with Crippen LogP contribution in [0.3, 0.4) is 0 Å². The van der Waals surface area contributed by atoms with Crippen LogP contribution in [-0.2, 0) is 30.8 Å². The minimum atomic E-state index is -4.84. The highest BCUT2D eigenvalue weighted by molar-refractivity contribution is 6.36. The first-order chi connectivity index (χ1) is 27.5. The van der Waals surface area contributed by atoms with Crippen LogP contribution in [0.5, 0.6) is 11.5 Å². The predicted molar refractivity (Wildman–Crippen MR) is 208 cm³/mol. The number of allylic oxidation sites excluding steroid dienone is 2. The number of para-hydroxylation sites is 1. The fourth-order valence-corrected chi connectivity index (χ4v) is 9.97. The zero-order valence-corrected chi connectivity index (χ0v) is 33.1. The third-order valence-electron chi connectivity index (χ3n) is 11.9. The maximum Gasteiger partial charge on any atom is 0.433 e. The SMILES string of the molecule is COc1ccc([C@@]23C(=O)N(Nc4ccc(Cl)cc4Cl)C(=O)[C@@H]2C[C@@H]2C(=CC[C@@H]4C(=O)N(N(C)c5nc(C(F)(F)F)ccc5Cl)C(=O)[C@@H]42)[C@@H]3c2cccc(C)c2O)cc1. The molecule has 300 valence electrons. The maximum atomic E-state index is 15.4. The molecule has 3 aromatic carbocycles. The summed E-state index contributed by atoms with van der Waals surface area (Å²) in [6, 6.07) is 18.0. The van der Waals surface area contributed by atoms with Crippen LogP contribution in [0.1, 0.15) is 41.1 Å². The summed E-state index contributed by atoms with van der Waals surface area (Å²) in [6.07, 6.45) is -3.15. The Morgan fingerprint density at radius 1 is 0.931 bits per heavy atom. The van der Waals surface area contributed by atoms with Crippen molar-refractivity contribution in [3.63, 3.8) is 0 Å². The molecule has 11 nitrogen and oxygen atoms in total. The van der Waals surface area contributed by atoms with Gasteiger partial charge >= 0.3 is 6.18 Å². The molecule has 17 heteroatoms. The van der Waals surface area contributed by atoms with Crippen molar-refractivity contribution in [1.82, 2.24) is 15.0 Å². The Hall–Kier alpha value is -5.31. The van der Waals surface area contributed by atoms with Crippen LogP contribution in [0.25, 0.3) is 0 Å². The quantitative estimate of drug-likeness (QED) is 0.140. The lowest BCUT2D eigenvalue weighted by molar-refractivity contribution is -0.142. The average Bonchev–Trinajstić information content (AvgIpc) is 3.57. The number of methoxy groups -OCH3 is 1. The van der Waals surface area contributed by atoms with Crippen molar-refractivity contribution in [2.45, 2.75) is 37.3 Å². The molecule has 4 aromatic rings. The van der Waals surface area contributed by atoms with Crippen LogP contribution < -0.4 is 15.2 Å². The largest absolute Gasteiger partial charge is 0.507 e. The number of hydrogen-bond acceptors (Lipinski definition) is 9. The first-order valence-electron chi connectivity index (χ1n) is 18.1. The van der Waals surface area contributed by atoms with Crippen molar-refractivity contribution in [3.8, 4) is 11.5 Å². The topological polar surface area (TPSA) is 132 Å². The summed E-state index contributed by atoms with van der Waals surface area (Å²) in [5.41, 5.74) is 1.89. The van der Waals surface area contributed by atoms with E-state index in [2.05, 4.69) is 10.4 Å². The van der Waals surface area contributed by atoms with Gasteiger partial charge < -0.3 is 9.84 Å². The molecular weight excluding hydrogens is 822 g/mol. The highest BCUT2D eigenvalue weighted by Crippen LogP contribution is 2.65. The van der Waals surface area contributed by atoms with Gasteiger partial charge in [-0.25, -0.2) is 4.98 Å². The van der Waals surface area contributed by atoms with E-state index in [-0.39, 0.29) is 34.3 Å². The molecule has 0 unspecified atom stereocenters. The van der Waals surface area contributed by atoms with Crippen LogP contribution in [0.15, 0.2) is 84.4 Å². The third kappa shape index (κ3) is 5.90. The second-order valence-electron chi connectivity index (χ2n) is 14.7. The predicted octanol–water partition coefficient (Wildman–Crippen LogP) is 8.12. The number of halogens is 6. The van der Waals surface area contributed by atoms with E-state index in [0.29, 0.717) is 39.1 Å². The summed E-state index contributed by atoms with van der Waals surface area (Å²) in [6.45, 7) is 1.69. The number of pyridine rings is 1. The number of amides is 4. The number of ether oxygens (including phenoxy) is 1. The summed E-state index contributed by atoms with van der Waals surface area (Å²) in [5, 5.41) is 14.6. The van der Waals surface area contributed by atoms with Gasteiger partial charge in [-0.2, -0.15) is 23.2 Å². The molecule has 1 aromatic heterocycles. The van der Waals surface area contributed by atoms with Gasteiger partial charge in [-0.1, -0.05) is 76.8 Å². The summed E-state index contributed by atoms with van der Waals surface area (Å²) < 4.78 is 46.6. The van der Waals surface area contributed by atoms with E-state index in [1.807, 2.05) is 0 Å². The van der Waals surface area contributed by atoms with Gasteiger partial charge in [0.1, 0.15) is 17.2 Å². The van der Waals surface area contributed by atoms with Crippen LogP contribution in [0.4, 0.5) is 24.7 Å². The number of hydrogen-bond donors (Lipinski definition) is 2. The minimum absolute atomic E-state index is 0.00604. The summed E-state index contributed by atoms with van der Waals surface area (Å²) in [4.78, 5) is 63.0. The zero-order chi connectivity index (χ0) is 41.6. The number of carbonyl (C=O) groups excluding carboxylic acids is 4. The molecule has 3 heterocycles. The molecule has 0 bridgehead atoms. The molecule has 8 rings (SSSR count). The molecule has 0 spiro atoms. The number of carbonyl (C=O) groups is 4. The van der Waals surface area contributed by atoms with Gasteiger partial charge in [0, 0.05) is 23.6 Å². The van der Waals surface area contributed by atoms with Crippen molar-refractivity contribution in [3.05, 3.63) is 122 Å². The summed E-state index contributed by atoms with van der Waals surface area (Å²) in [5.74, 6) is -8.07. The third-order valence-corrected chi connectivity index (χ3v) is 12.7. The monoisotopic (exact) mass is 853 g/mol. The van der Waals surface area contributed by atoms with E-state index in [9.17, 15) is 32.7 Å². The number of aromatic nitrogens is 1. The number of imide groups is 2. The van der Waals surface area contributed by atoms with Crippen molar-refractivity contribution < 1.29 is 42.2 Å². The molecule has 1 saturated carbocycles. The number of anilines is 2. The second kappa shape index (κ2) is 14.2. The van der Waals surface area contributed by atoms with E-state index in [1.165, 1.54) is 32.4 Å². The number of fused-ring (bicyclic) bond motifs is 4. The number of aromatic hydroxyl groups is 1. The minimum Gasteiger partial charge on any atom is -0.507 e. The molecule has 4 amide bonds. The molecule has 2 saturated heterocycles. The van der Waals surface area contributed by atoms with Crippen LogP contribution in [0.2, 0.25) is 15.1 Å². The van der Waals surface area contributed by atoms with Crippen molar-refractivity contribution in [1.29, 1.82) is 0 Å². The normalized spacial score (nSPS) is 25.3. The lowest BCUT2D eigenvalue weighted by Gasteiger charge is -2.50. The fraction of sp³-hybridized carbons (Fsp3) is 0.293. The summed E-state index contributed by atoms with van der Waals surface area (Å²) >= 11 is 19.0. The molecule has 4 aliphatic rings. The number of phenolic OH excluding ortho intramolecular Hbond substituents is 1. The van der Waals surface area contributed by atoms with E-state index in [1.54, 1.807) is 55.5 Å². The highest BCUT2D eigenvalue weighted by atomic mass is 35.5. The number of aryl methyl sites for hydroxylation is 1. The van der Waals surface area contributed by atoms with Crippen LogP contribution in [-0.4, -0.2) is 57.9 Å². The van der Waals surface area contributed by atoms with Gasteiger partial charge in [0.25, 0.3) is 23.6 Å². The molecular formula is C41H33Cl3F3N5O6. The Bertz CT molecular complexity index is 2450. The molecule has 2 N–H and O–H groups in total. The molecule has 6 atom stereocenters. The number of alkyl halides is 3. The van der Waals surface area contributed by atoms with Gasteiger partial charge in [-0.15, -0.1) is 0 Å². The molecule has 3 fully saturated rings. The Kier molecular flexibility index (Phi) is 9.68. The molecule has 0 radical (unpaired) electrons. The van der Waals surface area contributed by atoms with E-state index in [4.69, 9.17) is 39.5 Å². The smallest absolute Gasteiger partial charge is 0.433 e. The number of hydrazine groups is 2. The highest BCUT2D eigenvalue weighted by Gasteiger charge is 2.71. The number of phenols is 1. The van der Waals surface area contributed by atoms with Crippen molar-refractivity contribution in [2.75, 3.05) is 24.6 Å². The van der Waals surface area contributed by atoms with Crippen LogP contribution >= 0.6 is 34.8 Å². The van der Waals surface area contributed by atoms with E-state index in [0.717, 1.165) is 21.1 Å². The maximum absolute atomic E-state index is 15.4. The summed E-state index contributed by atoms with van der Waals surface area (Å²) in [7, 11) is 2.71.